The van der Waals surface area contributed by atoms with Gasteiger partial charge in [0.2, 0.25) is 9.63 Å². The average Bonchev–Trinajstić information content (AvgIpc) is 2.79. The molecule has 2 unspecified atom stereocenters. The summed E-state index contributed by atoms with van der Waals surface area (Å²) in [5.41, 5.74) is -1.56. The van der Waals surface area contributed by atoms with Crippen molar-refractivity contribution >= 4 is 81.5 Å². The number of benzene rings is 1. The Bertz CT molecular complexity index is 768. The van der Waals surface area contributed by atoms with Crippen molar-refractivity contribution in [2.75, 3.05) is 11.4 Å². The molecule has 3 amide bonds. The number of carbonyl (C=O) groups excluding carboxylic acids is 2. The Hall–Kier alpha value is -1.05. The third-order valence-corrected chi connectivity index (χ3v) is 5.36. The summed E-state index contributed by atoms with van der Waals surface area (Å²) in [5.74, 6) is -1.99. The van der Waals surface area contributed by atoms with Gasteiger partial charge in [-0.25, -0.2) is 19.1 Å². The number of rotatable bonds is 5. The first kappa shape index (κ1) is 21.3. The van der Waals surface area contributed by atoms with Crippen molar-refractivity contribution in [2.24, 2.45) is 4.99 Å². The van der Waals surface area contributed by atoms with Gasteiger partial charge in [-0.2, -0.15) is 0 Å². The van der Waals surface area contributed by atoms with Crippen LogP contribution >= 0.6 is 58.0 Å². The largest absolute Gasteiger partial charge is 0.337 e. The van der Waals surface area contributed by atoms with Crippen LogP contribution in [0.1, 0.15) is 0 Å². The van der Waals surface area contributed by atoms with Gasteiger partial charge in [0.05, 0.1) is 5.69 Å². The van der Waals surface area contributed by atoms with E-state index in [0.717, 1.165) is 15.9 Å². The van der Waals surface area contributed by atoms with Crippen LogP contribution < -0.4 is 4.90 Å². The van der Waals surface area contributed by atoms with Crippen LogP contribution in [0.5, 0.6) is 0 Å². The summed E-state index contributed by atoms with van der Waals surface area (Å²) in [5, 5.41) is -1.32. The van der Waals surface area contributed by atoms with Gasteiger partial charge in [-0.15, -0.1) is 18.2 Å². The molecule has 11 heteroatoms. The lowest BCUT2D eigenvalue weighted by Crippen LogP contribution is -2.35. The van der Waals surface area contributed by atoms with Gasteiger partial charge in [0.25, 0.3) is 5.91 Å². The second-order valence-electron chi connectivity index (χ2n) is 5.04. The van der Waals surface area contributed by atoms with Gasteiger partial charge >= 0.3 is 6.03 Å². The molecule has 0 radical (unpaired) electrons. The number of anilines is 1. The number of para-hydroxylation sites is 1. The van der Waals surface area contributed by atoms with Gasteiger partial charge in [-0.05, 0) is 12.1 Å². The predicted molar refractivity (Wildman–Crippen MR) is 103 cm³/mol. The molecule has 1 aliphatic heterocycles. The van der Waals surface area contributed by atoms with Crippen molar-refractivity contribution in [3.63, 3.8) is 0 Å². The Balaban J connectivity index is 2.53. The molecule has 2 rings (SSSR count). The van der Waals surface area contributed by atoms with Gasteiger partial charge < -0.3 is 0 Å². The fourth-order valence-corrected chi connectivity index (χ4v) is 3.00. The molecule has 0 aromatic heterocycles. The van der Waals surface area contributed by atoms with Gasteiger partial charge in [0.15, 0.2) is 0 Å². The molecule has 0 saturated carbocycles. The van der Waals surface area contributed by atoms with Gasteiger partial charge in [0, 0.05) is 6.54 Å². The summed E-state index contributed by atoms with van der Waals surface area (Å²) in [6.07, 6.45) is 1.34. The predicted octanol–water partition coefficient (Wildman–Crippen LogP) is 4.72. The van der Waals surface area contributed by atoms with E-state index in [0.29, 0.717) is 0 Å². The summed E-state index contributed by atoms with van der Waals surface area (Å²) in [4.78, 5) is 30.7. The minimum absolute atomic E-state index is 0.108. The third kappa shape index (κ3) is 4.26. The fourth-order valence-electron chi connectivity index (χ4n) is 2.11. The van der Waals surface area contributed by atoms with Crippen molar-refractivity contribution in [3.05, 3.63) is 42.7 Å². The van der Waals surface area contributed by atoms with E-state index in [1.807, 2.05) is 0 Å². The van der Waals surface area contributed by atoms with Crippen molar-refractivity contribution in [3.8, 4) is 0 Å². The lowest BCUT2D eigenvalue weighted by atomic mass is 10.3. The van der Waals surface area contributed by atoms with Crippen LogP contribution in [0.3, 0.4) is 0 Å². The van der Waals surface area contributed by atoms with Crippen molar-refractivity contribution in [1.29, 1.82) is 0 Å². The minimum atomic E-state index is -1.98. The third-order valence-electron chi connectivity index (χ3n) is 3.28. The number of aliphatic imine (C=N–C) groups is 1. The van der Waals surface area contributed by atoms with Crippen LogP contribution in [0.2, 0.25) is 0 Å². The van der Waals surface area contributed by atoms with Crippen LogP contribution in [0.15, 0.2) is 41.9 Å². The second kappa shape index (κ2) is 8.31. The number of alkyl halides is 5. The normalized spacial score (nSPS) is 19.2. The van der Waals surface area contributed by atoms with Gasteiger partial charge in [0.1, 0.15) is 16.7 Å². The molecule has 1 aromatic rings. The Morgan fingerprint density at radius 2 is 1.85 bits per heavy atom. The summed E-state index contributed by atoms with van der Waals surface area (Å²) in [6, 6.07) is 4.55. The topological polar surface area (TPSA) is 53.0 Å². The standard InChI is InChI=1S/C15H11Cl5FN3O2/c1-2-7-23-13(25)12(22-11(17)10(16)15(18,19)20)24(14(23)26)9-6-4-3-5-8(9)21/h2-6,10-11H,1,7H2/b22-12-. The number of hydrogen-bond donors (Lipinski definition) is 0. The van der Waals surface area contributed by atoms with Crippen LogP contribution in [-0.2, 0) is 4.79 Å². The molecule has 2 atom stereocenters. The number of nitrogens with zero attached hydrogens (tertiary/aromatic N) is 3. The van der Waals surface area contributed by atoms with E-state index in [-0.39, 0.29) is 12.2 Å². The van der Waals surface area contributed by atoms with E-state index in [4.69, 9.17) is 58.0 Å². The molecule has 0 N–H and O–H groups in total. The Kier molecular flexibility index (Phi) is 6.80. The Labute approximate surface area is 173 Å². The van der Waals surface area contributed by atoms with Gasteiger partial charge in [-0.1, -0.05) is 64.6 Å². The number of halogens is 6. The minimum Gasteiger partial charge on any atom is -0.265 e. The zero-order valence-corrected chi connectivity index (χ0v) is 16.7. The van der Waals surface area contributed by atoms with E-state index in [2.05, 4.69) is 11.6 Å². The van der Waals surface area contributed by atoms with E-state index >= 15 is 0 Å². The zero-order chi connectivity index (χ0) is 19.6. The van der Waals surface area contributed by atoms with Crippen molar-refractivity contribution < 1.29 is 14.0 Å². The molecular formula is C15H11Cl5FN3O2. The number of amides is 3. The first-order valence-electron chi connectivity index (χ1n) is 7.03. The maximum Gasteiger partial charge on any atom is 0.337 e. The Morgan fingerprint density at radius 1 is 1.23 bits per heavy atom. The second-order valence-corrected chi connectivity index (χ2v) is 8.33. The molecule has 1 heterocycles. The highest BCUT2D eigenvalue weighted by atomic mass is 35.6. The van der Waals surface area contributed by atoms with E-state index in [9.17, 15) is 14.0 Å². The number of imide groups is 1. The monoisotopic (exact) mass is 459 g/mol. The van der Waals surface area contributed by atoms with Crippen LogP contribution in [-0.4, -0.2) is 43.9 Å². The van der Waals surface area contributed by atoms with E-state index in [1.165, 1.54) is 24.3 Å². The number of hydrogen-bond acceptors (Lipinski definition) is 3. The highest BCUT2D eigenvalue weighted by molar-refractivity contribution is 6.70. The van der Waals surface area contributed by atoms with Crippen LogP contribution in [0.4, 0.5) is 14.9 Å². The first-order chi connectivity index (χ1) is 12.1. The fraction of sp³-hybridized carbons (Fsp3) is 0.267. The van der Waals surface area contributed by atoms with E-state index < -0.39 is 38.3 Å². The maximum absolute atomic E-state index is 14.2. The SMILES string of the molecule is C=CCN1C(=O)/C(=N/C(Cl)C(Cl)C(Cl)(Cl)Cl)N(c2ccccc2F)C1=O. The molecule has 0 aliphatic carbocycles. The van der Waals surface area contributed by atoms with Crippen molar-refractivity contribution in [1.82, 2.24) is 4.90 Å². The highest BCUT2D eigenvalue weighted by Crippen LogP contribution is 2.38. The smallest absolute Gasteiger partial charge is 0.265 e. The number of urea groups is 1. The highest BCUT2D eigenvalue weighted by Gasteiger charge is 2.45. The number of amidine groups is 1. The Morgan fingerprint density at radius 3 is 2.38 bits per heavy atom. The molecule has 0 bridgehead atoms. The number of carbonyl (C=O) groups is 2. The molecule has 140 valence electrons. The lowest BCUT2D eigenvalue weighted by molar-refractivity contribution is -0.120. The quantitative estimate of drug-likeness (QED) is 0.276. The first-order valence-corrected chi connectivity index (χ1v) is 9.04. The molecule has 0 spiro atoms. The molecule has 1 fully saturated rings. The molecule has 1 aliphatic rings. The zero-order valence-electron chi connectivity index (χ0n) is 12.9. The average molecular weight is 462 g/mol. The van der Waals surface area contributed by atoms with Gasteiger partial charge in [-0.3, -0.25) is 9.69 Å². The van der Waals surface area contributed by atoms with E-state index in [1.54, 1.807) is 0 Å². The molecule has 1 aromatic carbocycles. The summed E-state index contributed by atoms with van der Waals surface area (Å²) < 4.78 is 12.2. The molecule has 1 saturated heterocycles. The molecule has 26 heavy (non-hydrogen) atoms. The van der Waals surface area contributed by atoms with Crippen LogP contribution in [0.25, 0.3) is 0 Å². The summed E-state index contributed by atoms with van der Waals surface area (Å²) in [7, 11) is 0. The van der Waals surface area contributed by atoms with Crippen molar-refractivity contribution in [2.45, 2.75) is 14.7 Å². The van der Waals surface area contributed by atoms with Crippen LogP contribution in [0, 0.1) is 5.82 Å². The lowest BCUT2D eigenvalue weighted by Gasteiger charge is -2.21. The summed E-state index contributed by atoms with van der Waals surface area (Å²) in [6.45, 7) is 3.37. The molecule has 5 nitrogen and oxygen atoms in total. The molecular weight excluding hydrogens is 450 g/mol. The maximum atomic E-state index is 14.2. The summed E-state index contributed by atoms with van der Waals surface area (Å²) >= 11 is 29.0.